The highest BCUT2D eigenvalue weighted by molar-refractivity contribution is 6.30. The molecule has 1 unspecified atom stereocenters. The third-order valence-electron chi connectivity index (χ3n) is 6.61. The molecule has 1 fully saturated rings. The standard InChI is InChI=1S/C29H39ClFN3O2/c1-19-15-22(13-14-29(4,5)6)7-12-25(19)34(26(35)16-30)27(23-8-10-24(31)11-9-23)28(36)33-17-20(2)32-21(3)18-33/h7-12,15,20-21,27,32H,13-14,16-18H2,1-6H3/t20-,21+,27?. The van der Waals surface area contributed by atoms with E-state index >= 15 is 0 Å². The molecule has 196 valence electrons. The van der Waals surface area contributed by atoms with Crippen LogP contribution in [0.4, 0.5) is 10.1 Å². The number of halogens is 2. The number of amides is 2. The lowest BCUT2D eigenvalue weighted by Crippen LogP contribution is -2.58. The van der Waals surface area contributed by atoms with E-state index in [0.717, 1.165) is 18.4 Å². The molecule has 7 heteroatoms. The highest BCUT2D eigenvalue weighted by atomic mass is 35.5. The van der Waals surface area contributed by atoms with Gasteiger partial charge in [-0.05, 0) is 73.9 Å². The maximum absolute atomic E-state index is 14.1. The number of anilines is 1. The van der Waals surface area contributed by atoms with Gasteiger partial charge in [-0.3, -0.25) is 14.5 Å². The summed E-state index contributed by atoms with van der Waals surface area (Å²) < 4.78 is 13.8. The van der Waals surface area contributed by atoms with Gasteiger partial charge >= 0.3 is 0 Å². The second kappa shape index (κ2) is 11.7. The van der Waals surface area contributed by atoms with Gasteiger partial charge in [-0.15, -0.1) is 11.6 Å². The number of rotatable bonds is 7. The fraction of sp³-hybridized carbons (Fsp3) is 0.517. The van der Waals surface area contributed by atoms with Crippen molar-refractivity contribution < 1.29 is 14.0 Å². The average molecular weight is 516 g/mol. The molecule has 2 aromatic rings. The predicted molar refractivity (Wildman–Crippen MR) is 145 cm³/mol. The van der Waals surface area contributed by atoms with Crippen LogP contribution >= 0.6 is 11.6 Å². The Hall–Kier alpha value is -2.44. The summed E-state index contributed by atoms with van der Waals surface area (Å²) in [7, 11) is 0. The van der Waals surface area contributed by atoms with E-state index < -0.39 is 11.9 Å². The number of piperazine rings is 1. The topological polar surface area (TPSA) is 52.7 Å². The maximum atomic E-state index is 14.1. The van der Waals surface area contributed by atoms with Crippen molar-refractivity contribution in [3.05, 3.63) is 65.0 Å². The van der Waals surface area contributed by atoms with Gasteiger partial charge in [0.15, 0.2) is 0 Å². The van der Waals surface area contributed by atoms with Crippen molar-refractivity contribution >= 4 is 29.1 Å². The smallest absolute Gasteiger partial charge is 0.250 e. The number of nitrogens with one attached hydrogen (secondary N) is 1. The first kappa shape index (κ1) is 28.1. The molecule has 1 aliphatic heterocycles. The van der Waals surface area contributed by atoms with E-state index in [0.29, 0.717) is 24.3 Å². The molecular weight excluding hydrogens is 477 g/mol. The molecule has 1 saturated heterocycles. The number of aryl methyl sites for hydroxylation is 2. The predicted octanol–water partition coefficient (Wildman–Crippen LogP) is 5.63. The van der Waals surface area contributed by atoms with Gasteiger partial charge in [-0.1, -0.05) is 45.0 Å². The lowest BCUT2D eigenvalue weighted by molar-refractivity contribution is -0.136. The molecule has 36 heavy (non-hydrogen) atoms. The summed E-state index contributed by atoms with van der Waals surface area (Å²) in [6, 6.07) is 11.1. The van der Waals surface area contributed by atoms with Crippen LogP contribution in [0.1, 0.15) is 63.8 Å². The number of alkyl halides is 1. The minimum atomic E-state index is -0.950. The largest absolute Gasteiger partial charge is 0.337 e. The Morgan fingerprint density at radius 3 is 2.25 bits per heavy atom. The summed E-state index contributed by atoms with van der Waals surface area (Å²) in [5.74, 6) is -1.24. The molecule has 0 radical (unpaired) electrons. The van der Waals surface area contributed by atoms with E-state index in [1.165, 1.54) is 22.6 Å². The molecule has 0 aromatic heterocycles. The van der Waals surface area contributed by atoms with Gasteiger partial charge in [0.1, 0.15) is 17.7 Å². The normalized spacial score (nSPS) is 19.2. The van der Waals surface area contributed by atoms with Gasteiger partial charge in [0.25, 0.3) is 5.91 Å². The SMILES string of the molecule is Cc1cc(CCC(C)(C)C)ccc1N(C(=O)CCl)C(C(=O)N1C[C@@H](C)N[C@@H](C)C1)c1ccc(F)cc1. The molecule has 0 saturated carbocycles. The number of hydrogen-bond donors (Lipinski definition) is 1. The van der Waals surface area contributed by atoms with E-state index in [1.54, 1.807) is 17.0 Å². The zero-order valence-corrected chi connectivity index (χ0v) is 23.0. The lowest BCUT2D eigenvalue weighted by Gasteiger charge is -2.40. The zero-order valence-electron chi connectivity index (χ0n) is 22.3. The molecular formula is C29H39ClFN3O2. The van der Waals surface area contributed by atoms with Crippen LogP contribution in [-0.4, -0.2) is 47.8 Å². The highest BCUT2D eigenvalue weighted by Crippen LogP contribution is 2.34. The molecule has 2 aromatic carbocycles. The van der Waals surface area contributed by atoms with Gasteiger partial charge in [0, 0.05) is 30.9 Å². The van der Waals surface area contributed by atoms with Gasteiger partial charge in [-0.25, -0.2) is 4.39 Å². The van der Waals surface area contributed by atoms with Crippen LogP contribution in [0.2, 0.25) is 0 Å². The second-order valence-electron chi connectivity index (χ2n) is 11.2. The van der Waals surface area contributed by atoms with Gasteiger partial charge in [-0.2, -0.15) is 0 Å². The van der Waals surface area contributed by atoms with E-state index in [4.69, 9.17) is 11.6 Å². The number of carbonyl (C=O) groups is 2. The number of nitrogens with zero attached hydrogens (tertiary/aromatic N) is 2. The zero-order chi connectivity index (χ0) is 26.6. The Morgan fingerprint density at radius 1 is 1.11 bits per heavy atom. The van der Waals surface area contributed by atoms with Crippen LogP contribution in [0, 0.1) is 18.2 Å². The van der Waals surface area contributed by atoms with Gasteiger partial charge < -0.3 is 10.2 Å². The van der Waals surface area contributed by atoms with Crippen molar-refractivity contribution in [1.82, 2.24) is 10.2 Å². The summed E-state index contributed by atoms with van der Waals surface area (Å²) in [6.45, 7) is 13.7. The molecule has 0 bridgehead atoms. The Balaban J connectivity index is 2.06. The Bertz CT molecular complexity index is 1060. The number of carbonyl (C=O) groups excluding carboxylic acids is 2. The monoisotopic (exact) mass is 515 g/mol. The minimum absolute atomic E-state index is 0.118. The first-order valence-corrected chi connectivity index (χ1v) is 13.2. The Labute approximate surface area is 220 Å². The van der Waals surface area contributed by atoms with Crippen LogP contribution in [0.25, 0.3) is 0 Å². The molecule has 1 N–H and O–H groups in total. The van der Waals surface area contributed by atoms with Crippen molar-refractivity contribution in [3.63, 3.8) is 0 Å². The molecule has 0 spiro atoms. The second-order valence-corrected chi connectivity index (χ2v) is 11.5. The van der Waals surface area contributed by atoms with E-state index in [1.807, 2.05) is 32.9 Å². The molecule has 2 amide bonds. The van der Waals surface area contributed by atoms with Crippen molar-refractivity contribution in [1.29, 1.82) is 0 Å². The molecule has 1 aliphatic rings. The summed E-state index contributed by atoms with van der Waals surface area (Å²) in [5, 5.41) is 3.44. The fourth-order valence-corrected chi connectivity index (χ4v) is 5.00. The first-order valence-electron chi connectivity index (χ1n) is 12.7. The van der Waals surface area contributed by atoms with Gasteiger partial charge in [0.2, 0.25) is 5.91 Å². The lowest BCUT2D eigenvalue weighted by atomic mass is 9.88. The molecule has 3 atom stereocenters. The summed E-state index contributed by atoms with van der Waals surface area (Å²) in [4.78, 5) is 30.7. The van der Waals surface area contributed by atoms with E-state index in [9.17, 15) is 14.0 Å². The Morgan fingerprint density at radius 2 is 1.72 bits per heavy atom. The Kier molecular flexibility index (Phi) is 9.18. The van der Waals surface area contributed by atoms with E-state index in [-0.39, 0.29) is 35.2 Å². The summed E-state index contributed by atoms with van der Waals surface area (Å²) >= 11 is 6.09. The van der Waals surface area contributed by atoms with E-state index in [2.05, 4.69) is 32.2 Å². The quantitative estimate of drug-likeness (QED) is 0.486. The van der Waals surface area contributed by atoms with Crippen molar-refractivity contribution in [2.45, 2.75) is 72.5 Å². The summed E-state index contributed by atoms with van der Waals surface area (Å²) in [6.07, 6.45) is 1.96. The third-order valence-corrected chi connectivity index (χ3v) is 6.84. The molecule has 3 rings (SSSR count). The maximum Gasteiger partial charge on any atom is 0.250 e. The van der Waals surface area contributed by atoms with Crippen molar-refractivity contribution in [2.24, 2.45) is 5.41 Å². The average Bonchev–Trinajstić information content (AvgIpc) is 2.80. The highest BCUT2D eigenvalue weighted by Gasteiger charge is 2.38. The van der Waals surface area contributed by atoms with Crippen LogP contribution in [0.15, 0.2) is 42.5 Å². The van der Waals surface area contributed by atoms with Crippen molar-refractivity contribution in [3.8, 4) is 0 Å². The summed E-state index contributed by atoms with van der Waals surface area (Å²) in [5.41, 5.74) is 3.47. The van der Waals surface area contributed by atoms with Gasteiger partial charge in [0.05, 0.1) is 0 Å². The first-order chi connectivity index (χ1) is 16.9. The minimum Gasteiger partial charge on any atom is -0.337 e. The molecule has 0 aliphatic carbocycles. The number of benzene rings is 2. The number of hydrogen-bond acceptors (Lipinski definition) is 3. The van der Waals surface area contributed by atoms with Crippen LogP contribution < -0.4 is 10.2 Å². The van der Waals surface area contributed by atoms with Crippen molar-refractivity contribution in [2.75, 3.05) is 23.9 Å². The van der Waals surface area contributed by atoms with Crippen LogP contribution in [-0.2, 0) is 16.0 Å². The molecule has 5 nitrogen and oxygen atoms in total. The third kappa shape index (κ3) is 7.07. The molecule has 1 heterocycles. The fourth-order valence-electron chi connectivity index (χ4n) is 4.87. The van der Waals surface area contributed by atoms with Crippen LogP contribution in [0.5, 0.6) is 0 Å². The van der Waals surface area contributed by atoms with Crippen LogP contribution in [0.3, 0.4) is 0 Å².